The van der Waals surface area contributed by atoms with Crippen molar-refractivity contribution in [3.05, 3.63) is 42.1 Å². The van der Waals surface area contributed by atoms with E-state index in [4.69, 9.17) is 0 Å². The molecule has 2 N–H and O–H groups in total. The Hall–Kier alpha value is -1.94. The zero-order valence-electron chi connectivity index (χ0n) is 13.8. The van der Waals surface area contributed by atoms with Crippen molar-refractivity contribution in [3.8, 4) is 0 Å². The Morgan fingerprint density at radius 3 is 2.77 bits per heavy atom. The van der Waals surface area contributed by atoms with Crippen LogP contribution in [0.15, 0.2) is 36.5 Å². The van der Waals surface area contributed by atoms with E-state index >= 15 is 0 Å². The van der Waals surface area contributed by atoms with Gasteiger partial charge in [-0.1, -0.05) is 18.2 Å². The molecule has 0 fully saturated rings. The number of amides is 1. The first-order valence-corrected chi connectivity index (χ1v) is 7.71. The number of carbonyl (C=O) groups excluding carboxylic acids is 1. The number of carbonyl (C=O) groups is 1. The molecule has 4 heteroatoms. The van der Waals surface area contributed by atoms with Crippen LogP contribution in [0.5, 0.6) is 0 Å². The number of para-hydroxylation sites is 1. The van der Waals surface area contributed by atoms with Crippen LogP contribution >= 0.6 is 0 Å². The van der Waals surface area contributed by atoms with Gasteiger partial charge in [0, 0.05) is 36.6 Å². The average molecular weight is 299 g/mol. The molecule has 2 rings (SSSR count). The Kier molecular flexibility index (Phi) is 5.14. The van der Waals surface area contributed by atoms with E-state index in [1.165, 1.54) is 5.56 Å². The Labute approximate surface area is 132 Å². The van der Waals surface area contributed by atoms with Gasteiger partial charge in [-0.3, -0.25) is 9.78 Å². The number of nitrogens with one attached hydrogen (secondary N) is 2. The number of benzene rings is 1. The van der Waals surface area contributed by atoms with E-state index in [-0.39, 0.29) is 11.4 Å². The van der Waals surface area contributed by atoms with E-state index in [1.807, 2.05) is 38.2 Å². The van der Waals surface area contributed by atoms with Gasteiger partial charge in [-0.25, -0.2) is 0 Å². The second-order valence-corrected chi connectivity index (χ2v) is 6.59. The zero-order chi connectivity index (χ0) is 16.2. The lowest BCUT2D eigenvalue weighted by Gasteiger charge is -2.29. The van der Waals surface area contributed by atoms with Crippen molar-refractivity contribution in [1.29, 1.82) is 0 Å². The summed E-state index contributed by atoms with van der Waals surface area (Å²) in [6.07, 6.45) is 2.79. The summed E-state index contributed by atoms with van der Waals surface area (Å²) < 4.78 is 0. The highest BCUT2D eigenvalue weighted by Gasteiger charge is 2.21. The highest BCUT2D eigenvalue weighted by molar-refractivity contribution is 5.78. The summed E-state index contributed by atoms with van der Waals surface area (Å²) in [5.41, 5.74) is 1.98. The van der Waals surface area contributed by atoms with Crippen molar-refractivity contribution in [3.63, 3.8) is 0 Å². The van der Waals surface area contributed by atoms with Crippen molar-refractivity contribution in [1.82, 2.24) is 15.6 Å². The van der Waals surface area contributed by atoms with Gasteiger partial charge in [0.1, 0.15) is 0 Å². The van der Waals surface area contributed by atoms with Crippen LogP contribution in [0.4, 0.5) is 0 Å². The maximum atomic E-state index is 11.2. The maximum Gasteiger partial charge on any atom is 0.217 e. The summed E-state index contributed by atoms with van der Waals surface area (Å²) in [4.78, 5) is 15.7. The fourth-order valence-electron chi connectivity index (χ4n) is 2.87. The summed E-state index contributed by atoms with van der Waals surface area (Å²) in [5, 5.41) is 7.64. The molecule has 1 aromatic heterocycles. The van der Waals surface area contributed by atoms with Gasteiger partial charge < -0.3 is 10.6 Å². The fraction of sp³-hybridized carbons (Fsp3) is 0.444. The second kappa shape index (κ2) is 6.88. The predicted octanol–water partition coefficient (Wildman–Crippen LogP) is 3.02. The minimum absolute atomic E-state index is 0.0101. The van der Waals surface area contributed by atoms with E-state index in [0.29, 0.717) is 6.04 Å². The molecular formula is C18H25N3O. The molecule has 22 heavy (non-hydrogen) atoms. The van der Waals surface area contributed by atoms with Crippen LogP contribution < -0.4 is 10.6 Å². The monoisotopic (exact) mass is 299 g/mol. The van der Waals surface area contributed by atoms with E-state index < -0.39 is 0 Å². The van der Waals surface area contributed by atoms with Crippen molar-refractivity contribution in [2.45, 2.75) is 52.2 Å². The van der Waals surface area contributed by atoms with Crippen LogP contribution in [0.3, 0.4) is 0 Å². The average Bonchev–Trinajstić information content (AvgIpc) is 2.43. The van der Waals surface area contributed by atoms with Gasteiger partial charge in [0.2, 0.25) is 5.91 Å². The van der Waals surface area contributed by atoms with Crippen LogP contribution in [0.1, 0.15) is 39.7 Å². The van der Waals surface area contributed by atoms with Gasteiger partial charge >= 0.3 is 0 Å². The van der Waals surface area contributed by atoms with Crippen LogP contribution in [0.2, 0.25) is 0 Å². The molecule has 0 saturated heterocycles. The number of pyridine rings is 1. The second-order valence-electron chi connectivity index (χ2n) is 6.59. The minimum atomic E-state index is -0.208. The van der Waals surface area contributed by atoms with Gasteiger partial charge in [-0.05, 0) is 44.9 Å². The first-order chi connectivity index (χ1) is 10.4. The molecule has 0 aliphatic rings. The first kappa shape index (κ1) is 16.4. The fourth-order valence-corrected chi connectivity index (χ4v) is 2.87. The zero-order valence-corrected chi connectivity index (χ0v) is 13.8. The number of hydrogen-bond acceptors (Lipinski definition) is 3. The highest BCUT2D eigenvalue weighted by atomic mass is 16.1. The number of aromatic nitrogens is 1. The van der Waals surface area contributed by atoms with Gasteiger partial charge in [-0.15, -0.1) is 0 Å². The largest absolute Gasteiger partial charge is 0.351 e. The smallest absolute Gasteiger partial charge is 0.217 e. The molecule has 0 radical (unpaired) electrons. The third-order valence-electron chi connectivity index (χ3n) is 3.63. The Morgan fingerprint density at radius 2 is 2.05 bits per heavy atom. The Bertz CT molecular complexity index is 652. The number of nitrogens with zero attached hydrogens (tertiary/aromatic N) is 1. The van der Waals surface area contributed by atoms with E-state index in [2.05, 4.69) is 34.7 Å². The Balaban J connectivity index is 1.92. The molecule has 1 aromatic carbocycles. The molecule has 0 saturated carbocycles. The molecule has 0 spiro atoms. The highest BCUT2D eigenvalue weighted by Crippen LogP contribution is 2.14. The normalized spacial score (nSPS) is 13.1. The van der Waals surface area contributed by atoms with Crippen LogP contribution in [0, 0.1) is 0 Å². The number of hydrogen-bond donors (Lipinski definition) is 2. The molecule has 0 aliphatic heterocycles. The standard InChI is InChI=1S/C18H25N3O/c1-13(10-18(3,4)21-14(2)22)19-11-15-9-16-7-5-6-8-17(16)20-12-15/h5-9,12-13,19H,10-11H2,1-4H3,(H,21,22). The predicted molar refractivity (Wildman–Crippen MR) is 90.6 cm³/mol. The van der Waals surface area contributed by atoms with Gasteiger partial charge in [0.15, 0.2) is 0 Å². The van der Waals surface area contributed by atoms with Gasteiger partial charge in [-0.2, -0.15) is 0 Å². The molecule has 1 unspecified atom stereocenters. The van der Waals surface area contributed by atoms with E-state index in [1.54, 1.807) is 6.92 Å². The third-order valence-corrected chi connectivity index (χ3v) is 3.63. The molecule has 2 aromatic rings. The summed E-state index contributed by atoms with van der Waals surface area (Å²) in [6.45, 7) is 8.56. The van der Waals surface area contributed by atoms with E-state index in [0.717, 1.165) is 23.9 Å². The van der Waals surface area contributed by atoms with Crippen LogP contribution in [0.25, 0.3) is 10.9 Å². The molecule has 1 amide bonds. The van der Waals surface area contributed by atoms with Gasteiger partial charge in [0.05, 0.1) is 5.52 Å². The summed E-state index contributed by atoms with van der Waals surface area (Å²) in [6, 6.07) is 10.6. The van der Waals surface area contributed by atoms with E-state index in [9.17, 15) is 4.79 Å². The molecule has 0 aliphatic carbocycles. The molecule has 1 atom stereocenters. The molecule has 0 bridgehead atoms. The molecular weight excluding hydrogens is 274 g/mol. The van der Waals surface area contributed by atoms with Crippen molar-refractivity contribution < 1.29 is 4.79 Å². The molecule has 1 heterocycles. The van der Waals surface area contributed by atoms with Crippen molar-refractivity contribution in [2.75, 3.05) is 0 Å². The lowest BCUT2D eigenvalue weighted by Crippen LogP contribution is -2.46. The quantitative estimate of drug-likeness (QED) is 0.862. The van der Waals surface area contributed by atoms with Crippen LogP contribution in [-0.4, -0.2) is 22.5 Å². The minimum Gasteiger partial charge on any atom is -0.351 e. The van der Waals surface area contributed by atoms with Crippen molar-refractivity contribution >= 4 is 16.8 Å². The summed E-state index contributed by atoms with van der Waals surface area (Å²) >= 11 is 0. The molecule has 118 valence electrons. The van der Waals surface area contributed by atoms with Crippen molar-refractivity contribution in [2.24, 2.45) is 0 Å². The lowest BCUT2D eigenvalue weighted by atomic mass is 9.95. The third kappa shape index (κ3) is 4.81. The summed E-state index contributed by atoms with van der Waals surface area (Å²) in [7, 11) is 0. The Morgan fingerprint density at radius 1 is 1.32 bits per heavy atom. The topological polar surface area (TPSA) is 54.0 Å². The number of fused-ring (bicyclic) bond motifs is 1. The van der Waals surface area contributed by atoms with Crippen LogP contribution in [-0.2, 0) is 11.3 Å². The SMILES string of the molecule is CC(=O)NC(C)(C)CC(C)NCc1cnc2ccccc2c1. The van der Waals surface area contributed by atoms with Gasteiger partial charge in [0.25, 0.3) is 0 Å². The first-order valence-electron chi connectivity index (χ1n) is 7.71. The lowest BCUT2D eigenvalue weighted by molar-refractivity contribution is -0.120. The number of rotatable bonds is 6. The molecule has 4 nitrogen and oxygen atoms in total. The maximum absolute atomic E-state index is 11.2. The summed E-state index contributed by atoms with van der Waals surface area (Å²) in [5.74, 6) is 0.0101.